The van der Waals surface area contributed by atoms with Crippen LogP contribution >= 0.6 is 0 Å². The van der Waals surface area contributed by atoms with Gasteiger partial charge in [0.25, 0.3) is 0 Å². The van der Waals surface area contributed by atoms with Crippen molar-refractivity contribution in [2.24, 2.45) is 0 Å². The molecule has 0 aliphatic heterocycles. The second kappa shape index (κ2) is 6.35. The van der Waals surface area contributed by atoms with Gasteiger partial charge in [0.2, 0.25) is 0 Å². The van der Waals surface area contributed by atoms with E-state index in [0.29, 0.717) is 18.8 Å². The Kier molecular flexibility index (Phi) is 5.08. The highest BCUT2D eigenvalue weighted by atomic mass is 16.5. The van der Waals surface area contributed by atoms with Crippen LogP contribution in [0.3, 0.4) is 0 Å². The average Bonchev–Trinajstić information content (AvgIpc) is 2.30. The van der Waals surface area contributed by atoms with Gasteiger partial charge in [0.15, 0.2) is 11.5 Å². The molecule has 1 aromatic rings. The molecule has 1 unspecified atom stereocenters. The number of aromatic hydroxyl groups is 1. The molecule has 0 saturated heterocycles. The number of ether oxygens (including phenoxy) is 1. The number of para-hydroxylation sites is 1. The van der Waals surface area contributed by atoms with Crippen LogP contribution in [0.2, 0.25) is 0 Å². The highest BCUT2D eigenvalue weighted by Gasteiger charge is 2.15. The van der Waals surface area contributed by atoms with E-state index in [1.807, 2.05) is 19.1 Å². The Balaban J connectivity index is 2.98. The maximum absolute atomic E-state index is 10.0. The third-order valence-corrected chi connectivity index (χ3v) is 2.47. The first-order chi connectivity index (χ1) is 7.74. The van der Waals surface area contributed by atoms with Crippen LogP contribution in [-0.2, 0) is 0 Å². The lowest BCUT2D eigenvalue weighted by Crippen LogP contribution is -2.17. The lowest BCUT2D eigenvalue weighted by atomic mass is 10.0. The molecule has 0 heterocycles. The fourth-order valence-corrected chi connectivity index (χ4v) is 1.68. The molecule has 0 amide bonds. The fourth-order valence-electron chi connectivity index (χ4n) is 1.68. The van der Waals surface area contributed by atoms with Gasteiger partial charge < -0.3 is 20.3 Å². The lowest BCUT2D eigenvalue weighted by molar-refractivity contribution is 0.265. The van der Waals surface area contributed by atoms with Gasteiger partial charge in [-0.05, 0) is 26.5 Å². The van der Waals surface area contributed by atoms with Crippen molar-refractivity contribution < 1.29 is 14.9 Å². The van der Waals surface area contributed by atoms with Crippen molar-refractivity contribution in [1.82, 2.24) is 5.32 Å². The zero-order valence-corrected chi connectivity index (χ0v) is 9.73. The van der Waals surface area contributed by atoms with E-state index in [-0.39, 0.29) is 18.4 Å². The Labute approximate surface area is 95.9 Å². The maximum atomic E-state index is 10.0. The molecule has 0 bridgehead atoms. The summed E-state index contributed by atoms with van der Waals surface area (Å²) in [6, 6.07) is 5.33. The van der Waals surface area contributed by atoms with E-state index in [2.05, 4.69) is 5.32 Å². The van der Waals surface area contributed by atoms with E-state index >= 15 is 0 Å². The smallest absolute Gasteiger partial charge is 0.162 e. The number of benzene rings is 1. The van der Waals surface area contributed by atoms with Gasteiger partial charge in [0.1, 0.15) is 0 Å². The van der Waals surface area contributed by atoms with Gasteiger partial charge in [-0.2, -0.15) is 0 Å². The third kappa shape index (κ3) is 2.87. The first-order valence-corrected chi connectivity index (χ1v) is 5.47. The first-order valence-electron chi connectivity index (χ1n) is 5.47. The molecule has 0 aliphatic rings. The normalized spacial score (nSPS) is 12.4. The second-order valence-electron chi connectivity index (χ2n) is 3.48. The Bertz CT molecular complexity index is 328. The zero-order chi connectivity index (χ0) is 12.0. The molecular formula is C12H19NO3. The van der Waals surface area contributed by atoms with E-state index < -0.39 is 0 Å². The van der Waals surface area contributed by atoms with Crippen molar-refractivity contribution in [3.63, 3.8) is 0 Å². The predicted octanol–water partition coefficient (Wildman–Crippen LogP) is 1.43. The van der Waals surface area contributed by atoms with Crippen molar-refractivity contribution in [2.45, 2.75) is 19.4 Å². The topological polar surface area (TPSA) is 61.7 Å². The SMILES string of the molecule is CCOc1cccc(C(CCO)NC)c1O. The van der Waals surface area contributed by atoms with Crippen LogP contribution in [0.25, 0.3) is 0 Å². The molecule has 0 spiro atoms. The standard InChI is InChI=1S/C12H19NO3/c1-3-16-11-6-4-5-9(12(11)15)10(13-2)7-8-14/h4-6,10,13-15H,3,7-8H2,1-2H3. The van der Waals surface area contributed by atoms with E-state index in [0.717, 1.165) is 5.56 Å². The molecule has 3 N–H and O–H groups in total. The summed E-state index contributed by atoms with van der Waals surface area (Å²) in [4.78, 5) is 0. The van der Waals surface area contributed by atoms with Crippen LogP contribution in [0.1, 0.15) is 24.9 Å². The van der Waals surface area contributed by atoms with Crippen molar-refractivity contribution in [1.29, 1.82) is 0 Å². The predicted molar refractivity (Wildman–Crippen MR) is 62.8 cm³/mol. The van der Waals surface area contributed by atoms with Crippen LogP contribution < -0.4 is 10.1 Å². The summed E-state index contributed by atoms with van der Waals surface area (Å²) in [5.74, 6) is 0.635. The number of phenols is 1. The minimum atomic E-state index is -0.0644. The Morgan fingerprint density at radius 3 is 2.75 bits per heavy atom. The van der Waals surface area contributed by atoms with Crippen LogP contribution in [-0.4, -0.2) is 30.5 Å². The average molecular weight is 225 g/mol. The van der Waals surface area contributed by atoms with Gasteiger partial charge in [-0.3, -0.25) is 0 Å². The minimum absolute atomic E-state index is 0.0644. The lowest BCUT2D eigenvalue weighted by Gasteiger charge is -2.18. The van der Waals surface area contributed by atoms with Crippen LogP contribution in [0, 0.1) is 0 Å². The number of aliphatic hydroxyl groups is 1. The Hall–Kier alpha value is -1.26. The summed E-state index contributed by atoms with van der Waals surface area (Å²) in [7, 11) is 1.80. The Morgan fingerprint density at radius 2 is 2.19 bits per heavy atom. The summed E-state index contributed by atoms with van der Waals surface area (Å²) in [6.45, 7) is 2.46. The van der Waals surface area contributed by atoms with E-state index in [9.17, 15) is 5.11 Å². The van der Waals surface area contributed by atoms with E-state index in [4.69, 9.17) is 9.84 Å². The van der Waals surface area contributed by atoms with Gasteiger partial charge in [-0.15, -0.1) is 0 Å². The summed E-state index contributed by atoms with van der Waals surface area (Å²) >= 11 is 0. The van der Waals surface area contributed by atoms with Crippen molar-refractivity contribution in [3.05, 3.63) is 23.8 Å². The molecule has 1 aromatic carbocycles. The number of phenolic OH excluding ortho intramolecular Hbond substituents is 1. The summed E-state index contributed by atoms with van der Waals surface area (Å²) in [5, 5.41) is 22.0. The number of nitrogens with one attached hydrogen (secondary N) is 1. The molecule has 16 heavy (non-hydrogen) atoms. The minimum Gasteiger partial charge on any atom is -0.504 e. The second-order valence-corrected chi connectivity index (χ2v) is 3.48. The highest BCUT2D eigenvalue weighted by Crippen LogP contribution is 2.34. The molecule has 4 heteroatoms. The van der Waals surface area contributed by atoms with Crippen molar-refractivity contribution in [3.8, 4) is 11.5 Å². The molecule has 1 atom stereocenters. The highest BCUT2D eigenvalue weighted by molar-refractivity contribution is 5.46. The molecule has 1 rings (SSSR count). The number of aliphatic hydroxyl groups excluding tert-OH is 1. The van der Waals surface area contributed by atoms with E-state index in [1.54, 1.807) is 13.1 Å². The van der Waals surface area contributed by atoms with Gasteiger partial charge >= 0.3 is 0 Å². The monoisotopic (exact) mass is 225 g/mol. The summed E-state index contributed by atoms with van der Waals surface area (Å²) in [6.07, 6.45) is 0.555. The summed E-state index contributed by atoms with van der Waals surface area (Å²) < 4.78 is 5.31. The fraction of sp³-hybridized carbons (Fsp3) is 0.500. The van der Waals surface area contributed by atoms with Crippen molar-refractivity contribution in [2.75, 3.05) is 20.3 Å². The zero-order valence-electron chi connectivity index (χ0n) is 9.73. The van der Waals surface area contributed by atoms with Crippen LogP contribution in [0.15, 0.2) is 18.2 Å². The number of hydrogen-bond donors (Lipinski definition) is 3. The maximum Gasteiger partial charge on any atom is 0.162 e. The Morgan fingerprint density at radius 1 is 1.44 bits per heavy atom. The van der Waals surface area contributed by atoms with Gasteiger partial charge in [0.05, 0.1) is 6.61 Å². The quantitative estimate of drug-likeness (QED) is 0.685. The summed E-state index contributed by atoms with van der Waals surface area (Å²) in [5.41, 5.74) is 0.752. The molecule has 0 aromatic heterocycles. The van der Waals surface area contributed by atoms with Crippen LogP contribution in [0.4, 0.5) is 0 Å². The molecule has 4 nitrogen and oxygen atoms in total. The van der Waals surface area contributed by atoms with E-state index in [1.165, 1.54) is 0 Å². The molecular weight excluding hydrogens is 206 g/mol. The van der Waals surface area contributed by atoms with Gasteiger partial charge in [-0.25, -0.2) is 0 Å². The number of hydrogen-bond acceptors (Lipinski definition) is 4. The molecule has 0 fully saturated rings. The molecule has 0 aliphatic carbocycles. The van der Waals surface area contributed by atoms with Gasteiger partial charge in [0, 0.05) is 18.2 Å². The largest absolute Gasteiger partial charge is 0.504 e. The number of rotatable bonds is 6. The third-order valence-electron chi connectivity index (χ3n) is 2.47. The van der Waals surface area contributed by atoms with Crippen molar-refractivity contribution >= 4 is 0 Å². The molecule has 0 radical (unpaired) electrons. The molecule has 0 saturated carbocycles. The molecule has 90 valence electrons. The first kappa shape index (κ1) is 12.8. The van der Waals surface area contributed by atoms with Crippen LogP contribution in [0.5, 0.6) is 11.5 Å². The van der Waals surface area contributed by atoms with Gasteiger partial charge in [-0.1, -0.05) is 12.1 Å².